The van der Waals surface area contributed by atoms with Crippen LogP contribution in [0.3, 0.4) is 0 Å². The summed E-state index contributed by atoms with van der Waals surface area (Å²) < 4.78 is 9.78. The summed E-state index contributed by atoms with van der Waals surface area (Å²) in [6.45, 7) is 4.82. The van der Waals surface area contributed by atoms with Crippen molar-refractivity contribution in [3.63, 3.8) is 0 Å². The molecule has 0 aliphatic carbocycles. The normalized spacial score (nSPS) is 14.7. The third-order valence-electron chi connectivity index (χ3n) is 2.64. The van der Waals surface area contributed by atoms with Crippen LogP contribution in [-0.4, -0.2) is 26.8 Å². The zero-order chi connectivity index (χ0) is 11.7. The van der Waals surface area contributed by atoms with Crippen LogP contribution in [0.4, 0.5) is 0 Å². The SMILES string of the molecule is CCCCC(C)CC(COC)C(=O)OC. The van der Waals surface area contributed by atoms with Gasteiger partial charge in [-0.25, -0.2) is 0 Å². The van der Waals surface area contributed by atoms with Crippen LogP contribution < -0.4 is 0 Å². The standard InChI is InChI=1S/C12H24O3/c1-5-6-7-10(2)8-11(9-14-3)12(13)15-4/h10-11H,5-9H2,1-4H3. The predicted octanol–water partition coefficient (Wildman–Crippen LogP) is 2.64. The second-order valence-electron chi connectivity index (χ2n) is 4.16. The molecule has 0 radical (unpaired) electrons. The number of unbranched alkanes of at least 4 members (excludes halogenated alkanes) is 1. The minimum Gasteiger partial charge on any atom is -0.469 e. The van der Waals surface area contributed by atoms with Crippen molar-refractivity contribution in [3.8, 4) is 0 Å². The lowest BCUT2D eigenvalue weighted by Crippen LogP contribution is -2.23. The van der Waals surface area contributed by atoms with E-state index in [1.54, 1.807) is 7.11 Å². The molecule has 0 aliphatic heterocycles. The summed E-state index contributed by atoms with van der Waals surface area (Å²) in [5.41, 5.74) is 0. The first-order chi connectivity index (χ1) is 7.15. The molecule has 3 nitrogen and oxygen atoms in total. The summed E-state index contributed by atoms with van der Waals surface area (Å²) in [7, 11) is 3.05. The molecule has 0 spiro atoms. The van der Waals surface area contributed by atoms with Gasteiger partial charge in [-0.3, -0.25) is 4.79 Å². The molecule has 0 fully saturated rings. The van der Waals surface area contributed by atoms with Crippen molar-refractivity contribution >= 4 is 5.97 Å². The van der Waals surface area contributed by atoms with Gasteiger partial charge in [-0.15, -0.1) is 0 Å². The number of hydrogen-bond acceptors (Lipinski definition) is 3. The fraction of sp³-hybridized carbons (Fsp3) is 0.917. The van der Waals surface area contributed by atoms with Crippen molar-refractivity contribution < 1.29 is 14.3 Å². The maximum absolute atomic E-state index is 11.4. The minimum atomic E-state index is -0.153. The maximum atomic E-state index is 11.4. The van der Waals surface area contributed by atoms with E-state index in [4.69, 9.17) is 9.47 Å². The van der Waals surface area contributed by atoms with Crippen LogP contribution in [0.2, 0.25) is 0 Å². The van der Waals surface area contributed by atoms with Gasteiger partial charge in [0.1, 0.15) is 0 Å². The topological polar surface area (TPSA) is 35.5 Å². The van der Waals surface area contributed by atoms with Crippen LogP contribution in [0.1, 0.15) is 39.5 Å². The number of hydrogen-bond donors (Lipinski definition) is 0. The highest BCUT2D eigenvalue weighted by atomic mass is 16.5. The van der Waals surface area contributed by atoms with Gasteiger partial charge in [-0.2, -0.15) is 0 Å². The van der Waals surface area contributed by atoms with Crippen LogP contribution >= 0.6 is 0 Å². The average Bonchev–Trinajstić information content (AvgIpc) is 2.24. The third kappa shape index (κ3) is 6.50. The highest BCUT2D eigenvalue weighted by Crippen LogP contribution is 2.19. The van der Waals surface area contributed by atoms with Gasteiger partial charge in [0, 0.05) is 7.11 Å². The monoisotopic (exact) mass is 216 g/mol. The van der Waals surface area contributed by atoms with Crippen molar-refractivity contribution in [3.05, 3.63) is 0 Å². The first-order valence-corrected chi connectivity index (χ1v) is 5.72. The van der Waals surface area contributed by atoms with E-state index in [1.165, 1.54) is 26.4 Å². The molecule has 2 unspecified atom stereocenters. The van der Waals surface area contributed by atoms with Crippen LogP contribution in [0.15, 0.2) is 0 Å². The van der Waals surface area contributed by atoms with E-state index in [-0.39, 0.29) is 11.9 Å². The fourth-order valence-electron chi connectivity index (χ4n) is 1.76. The lowest BCUT2D eigenvalue weighted by Gasteiger charge is -2.18. The predicted molar refractivity (Wildman–Crippen MR) is 60.7 cm³/mol. The van der Waals surface area contributed by atoms with Gasteiger partial charge in [0.2, 0.25) is 0 Å². The van der Waals surface area contributed by atoms with Gasteiger partial charge >= 0.3 is 5.97 Å². The summed E-state index contributed by atoms with van der Waals surface area (Å²) in [6.07, 6.45) is 4.47. The summed E-state index contributed by atoms with van der Waals surface area (Å²) in [5, 5.41) is 0. The van der Waals surface area contributed by atoms with Crippen molar-refractivity contribution in [2.45, 2.75) is 39.5 Å². The fourth-order valence-corrected chi connectivity index (χ4v) is 1.76. The summed E-state index contributed by atoms with van der Waals surface area (Å²) in [6, 6.07) is 0. The molecule has 0 N–H and O–H groups in total. The third-order valence-corrected chi connectivity index (χ3v) is 2.64. The van der Waals surface area contributed by atoms with E-state index in [0.717, 1.165) is 6.42 Å². The molecule has 0 aliphatic rings. The van der Waals surface area contributed by atoms with Crippen molar-refractivity contribution in [1.29, 1.82) is 0 Å². The molecule has 0 bridgehead atoms. The second-order valence-corrected chi connectivity index (χ2v) is 4.16. The highest BCUT2D eigenvalue weighted by Gasteiger charge is 2.21. The van der Waals surface area contributed by atoms with E-state index in [9.17, 15) is 4.79 Å². The Bertz CT molecular complexity index is 168. The van der Waals surface area contributed by atoms with Gasteiger partial charge in [0.05, 0.1) is 19.6 Å². The Labute approximate surface area is 93.1 Å². The van der Waals surface area contributed by atoms with E-state index in [0.29, 0.717) is 12.5 Å². The molecule has 0 aromatic carbocycles. The summed E-state index contributed by atoms with van der Waals surface area (Å²) in [4.78, 5) is 11.4. The lowest BCUT2D eigenvalue weighted by atomic mass is 9.92. The Balaban J connectivity index is 3.97. The van der Waals surface area contributed by atoms with Gasteiger partial charge < -0.3 is 9.47 Å². The highest BCUT2D eigenvalue weighted by molar-refractivity contribution is 5.72. The molecule has 0 amide bonds. The van der Waals surface area contributed by atoms with Gasteiger partial charge in [0.25, 0.3) is 0 Å². The Morgan fingerprint density at radius 3 is 2.47 bits per heavy atom. The number of ether oxygens (including phenoxy) is 2. The van der Waals surface area contributed by atoms with Gasteiger partial charge in [-0.1, -0.05) is 33.1 Å². The van der Waals surface area contributed by atoms with E-state index < -0.39 is 0 Å². The Morgan fingerprint density at radius 1 is 1.33 bits per heavy atom. The van der Waals surface area contributed by atoms with Crippen molar-refractivity contribution in [2.75, 3.05) is 20.8 Å². The van der Waals surface area contributed by atoms with Crippen molar-refractivity contribution in [1.82, 2.24) is 0 Å². The van der Waals surface area contributed by atoms with Crippen LogP contribution in [0.5, 0.6) is 0 Å². The van der Waals surface area contributed by atoms with Crippen LogP contribution in [0, 0.1) is 11.8 Å². The van der Waals surface area contributed by atoms with Crippen LogP contribution in [-0.2, 0) is 14.3 Å². The number of esters is 1. The number of carbonyl (C=O) groups is 1. The van der Waals surface area contributed by atoms with E-state index in [2.05, 4.69) is 13.8 Å². The number of carbonyl (C=O) groups excluding carboxylic acids is 1. The molecule has 0 aromatic heterocycles. The van der Waals surface area contributed by atoms with E-state index >= 15 is 0 Å². The van der Waals surface area contributed by atoms with Gasteiger partial charge in [-0.05, 0) is 12.3 Å². The zero-order valence-electron chi connectivity index (χ0n) is 10.4. The Hall–Kier alpha value is -0.570. The molecule has 0 saturated carbocycles. The molecule has 3 heteroatoms. The molecule has 90 valence electrons. The second kappa shape index (κ2) is 8.72. The maximum Gasteiger partial charge on any atom is 0.311 e. The largest absolute Gasteiger partial charge is 0.469 e. The quantitative estimate of drug-likeness (QED) is 0.585. The van der Waals surface area contributed by atoms with Crippen LogP contribution in [0.25, 0.3) is 0 Å². The molecular formula is C12H24O3. The molecule has 0 rings (SSSR count). The van der Waals surface area contributed by atoms with E-state index in [1.807, 2.05) is 0 Å². The molecule has 0 aromatic rings. The smallest absolute Gasteiger partial charge is 0.311 e. The Kier molecular flexibility index (Phi) is 8.38. The zero-order valence-corrected chi connectivity index (χ0v) is 10.4. The number of rotatable bonds is 8. The first-order valence-electron chi connectivity index (χ1n) is 5.72. The minimum absolute atomic E-state index is 0.105. The Morgan fingerprint density at radius 2 is 2.00 bits per heavy atom. The van der Waals surface area contributed by atoms with Gasteiger partial charge in [0.15, 0.2) is 0 Å². The summed E-state index contributed by atoms with van der Waals surface area (Å²) in [5.74, 6) is 0.302. The van der Waals surface area contributed by atoms with Crippen molar-refractivity contribution in [2.24, 2.45) is 11.8 Å². The lowest BCUT2D eigenvalue weighted by molar-refractivity contribution is -0.148. The summed E-state index contributed by atoms with van der Waals surface area (Å²) >= 11 is 0. The molecule has 15 heavy (non-hydrogen) atoms. The average molecular weight is 216 g/mol. The molecule has 2 atom stereocenters. The first kappa shape index (κ1) is 14.4. The molecular weight excluding hydrogens is 192 g/mol. The molecule has 0 saturated heterocycles. The number of methoxy groups -OCH3 is 2. The molecule has 0 heterocycles.